The van der Waals surface area contributed by atoms with Crippen molar-refractivity contribution in [3.05, 3.63) is 29.0 Å². The second-order valence-electron chi connectivity index (χ2n) is 3.62. The number of carbonyl (C=O) groups is 1. The van der Waals surface area contributed by atoms with Crippen LogP contribution in [-0.4, -0.2) is 37.2 Å². The number of hydrogen-bond acceptors (Lipinski definition) is 4. The molecule has 1 aromatic carbocycles. The number of carboxylic acids is 1. The summed E-state index contributed by atoms with van der Waals surface area (Å²) in [7, 11) is -4.06. The molecule has 0 bridgehead atoms. The summed E-state index contributed by atoms with van der Waals surface area (Å²) in [5.41, 5.74) is 0. The van der Waals surface area contributed by atoms with Crippen LogP contribution in [0.3, 0.4) is 0 Å². The third kappa shape index (κ3) is 4.43. The lowest BCUT2D eigenvalue weighted by molar-refractivity contribution is -0.146. The summed E-state index contributed by atoms with van der Waals surface area (Å²) in [4.78, 5) is 9.88. The maximum Gasteiger partial charge on any atom is 0.332 e. The summed E-state index contributed by atoms with van der Waals surface area (Å²) >= 11 is 5.64. The molecule has 0 heterocycles. The van der Waals surface area contributed by atoms with E-state index in [1.807, 2.05) is 4.72 Å². The lowest BCUT2D eigenvalue weighted by Crippen LogP contribution is -2.30. The quantitative estimate of drug-likeness (QED) is 0.713. The van der Waals surface area contributed by atoms with Crippen LogP contribution < -0.4 is 4.72 Å². The minimum Gasteiger partial charge on any atom is -0.479 e. The van der Waals surface area contributed by atoms with Gasteiger partial charge in [0.25, 0.3) is 0 Å². The summed E-state index contributed by atoms with van der Waals surface area (Å²) in [6, 6.07) is 2.85. The molecule has 19 heavy (non-hydrogen) atoms. The molecular formula is C10H11ClFNO5S. The van der Waals surface area contributed by atoms with E-state index in [0.29, 0.717) is 0 Å². The van der Waals surface area contributed by atoms with E-state index in [2.05, 4.69) is 0 Å². The molecule has 3 N–H and O–H groups in total. The summed E-state index contributed by atoms with van der Waals surface area (Å²) in [6.45, 7) is -0.317. The van der Waals surface area contributed by atoms with E-state index in [-0.39, 0.29) is 18.0 Å². The largest absolute Gasteiger partial charge is 0.479 e. The third-order valence-corrected chi connectivity index (χ3v) is 4.12. The van der Waals surface area contributed by atoms with Crippen LogP contribution in [0.15, 0.2) is 23.1 Å². The van der Waals surface area contributed by atoms with Gasteiger partial charge in [-0.2, -0.15) is 0 Å². The van der Waals surface area contributed by atoms with E-state index < -0.39 is 32.8 Å². The van der Waals surface area contributed by atoms with Gasteiger partial charge >= 0.3 is 5.97 Å². The fourth-order valence-electron chi connectivity index (χ4n) is 1.21. The number of aliphatic hydroxyl groups excluding tert-OH is 1. The maximum absolute atomic E-state index is 13.0. The summed E-state index contributed by atoms with van der Waals surface area (Å²) in [6.07, 6.45) is -1.99. The standard InChI is InChI=1S/C10H11ClFNO5S/c11-7-2-1-6(12)5-9(7)19(17,18)13-4-3-8(14)10(15)16/h1-2,5,8,13-14H,3-4H2,(H,15,16). The minimum absolute atomic E-state index is 0.160. The smallest absolute Gasteiger partial charge is 0.332 e. The predicted octanol–water partition coefficient (Wildman–Crippen LogP) is 0.593. The Kier molecular flexibility index (Phi) is 5.24. The van der Waals surface area contributed by atoms with Crippen molar-refractivity contribution in [2.24, 2.45) is 0 Å². The number of nitrogens with one attached hydrogen (secondary N) is 1. The van der Waals surface area contributed by atoms with Gasteiger partial charge in [-0.05, 0) is 24.6 Å². The molecule has 0 amide bonds. The Balaban J connectivity index is 2.76. The Morgan fingerprint density at radius 3 is 2.68 bits per heavy atom. The van der Waals surface area contributed by atoms with Gasteiger partial charge in [-0.15, -0.1) is 0 Å². The molecule has 0 aliphatic carbocycles. The van der Waals surface area contributed by atoms with E-state index in [1.165, 1.54) is 0 Å². The second-order valence-corrected chi connectivity index (χ2v) is 5.76. The first-order valence-corrected chi connectivity index (χ1v) is 6.96. The number of sulfonamides is 1. The molecule has 1 unspecified atom stereocenters. The molecule has 0 saturated heterocycles. The minimum atomic E-state index is -4.06. The first-order valence-electron chi connectivity index (χ1n) is 5.09. The van der Waals surface area contributed by atoms with E-state index in [4.69, 9.17) is 21.8 Å². The Hall–Kier alpha value is -1.22. The number of aliphatic carboxylic acids is 1. The lowest BCUT2D eigenvalue weighted by atomic mass is 10.3. The van der Waals surface area contributed by atoms with Gasteiger partial charge in [0.2, 0.25) is 10.0 Å². The van der Waals surface area contributed by atoms with Crippen LogP contribution in [0.5, 0.6) is 0 Å². The van der Waals surface area contributed by atoms with Crippen molar-refractivity contribution in [2.75, 3.05) is 6.54 Å². The topological polar surface area (TPSA) is 104 Å². The lowest BCUT2D eigenvalue weighted by Gasteiger charge is -2.09. The second kappa shape index (κ2) is 6.29. The Labute approximate surface area is 113 Å². The van der Waals surface area contributed by atoms with Crippen LogP contribution >= 0.6 is 11.6 Å². The average molecular weight is 312 g/mol. The van der Waals surface area contributed by atoms with Gasteiger partial charge in [0.15, 0.2) is 6.10 Å². The highest BCUT2D eigenvalue weighted by Gasteiger charge is 2.20. The fourth-order valence-corrected chi connectivity index (χ4v) is 2.77. The van der Waals surface area contributed by atoms with Crippen molar-refractivity contribution < 1.29 is 27.8 Å². The number of benzene rings is 1. The molecular weight excluding hydrogens is 301 g/mol. The van der Waals surface area contributed by atoms with Gasteiger partial charge in [-0.3, -0.25) is 0 Å². The van der Waals surface area contributed by atoms with Gasteiger partial charge in [0, 0.05) is 6.54 Å². The van der Waals surface area contributed by atoms with E-state index >= 15 is 0 Å². The Bertz CT molecular complexity index is 577. The van der Waals surface area contributed by atoms with E-state index in [0.717, 1.165) is 18.2 Å². The van der Waals surface area contributed by atoms with Crippen LogP contribution in [0.2, 0.25) is 5.02 Å². The molecule has 0 fully saturated rings. The van der Waals surface area contributed by atoms with Crippen LogP contribution in [0.1, 0.15) is 6.42 Å². The molecule has 6 nitrogen and oxygen atoms in total. The van der Waals surface area contributed by atoms with Gasteiger partial charge < -0.3 is 10.2 Å². The molecule has 106 valence electrons. The molecule has 1 rings (SSSR count). The van der Waals surface area contributed by atoms with Crippen LogP contribution in [-0.2, 0) is 14.8 Å². The fraction of sp³-hybridized carbons (Fsp3) is 0.300. The Morgan fingerprint density at radius 2 is 2.11 bits per heavy atom. The molecule has 0 spiro atoms. The van der Waals surface area contributed by atoms with Gasteiger partial charge in [0.1, 0.15) is 10.7 Å². The van der Waals surface area contributed by atoms with Gasteiger partial charge in [-0.1, -0.05) is 11.6 Å². The SMILES string of the molecule is O=C(O)C(O)CCNS(=O)(=O)c1cc(F)ccc1Cl. The molecule has 0 aliphatic heterocycles. The highest BCUT2D eigenvalue weighted by Crippen LogP contribution is 2.21. The van der Waals surface area contributed by atoms with Crippen LogP contribution in [0.4, 0.5) is 4.39 Å². The monoisotopic (exact) mass is 311 g/mol. The maximum atomic E-state index is 13.0. The normalized spacial score (nSPS) is 13.2. The number of aliphatic hydroxyl groups is 1. The summed E-state index contributed by atoms with van der Waals surface area (Å²) in [5.74, 6) is -2.22. The first-order chi connectivity index (χ1) is 8.74. The molecule has 1 atom stereocenters. The molecule has 0 saturated carbocycles. The van der Waals surface area contributed by atoms with Crippen molar-refractivity contribution in [1.29, 1.82) is 0 Å². The zero-order valence-corrected chi connectivity index (χ0v) is 11.1. The van der Waals surface area contributed by atoms with E-state index in [9.17, 15) is 17.6 Å². The summed E-state index contributed by atoms with van der Waals surface area (Å²) in [5, 5.41) is 17.2. The zero-order valence-electron chi connectivity index (χ0n) is 9.51. The number of halogens is 2. The van der Waals surface area contributed by atoms with Crippen molar-refractivity contribution >= 4 is 27.6 Å². The van der Waals surface area contributed by atoms with Gasteiger partial charge in [-0.25, -0.2) is 22.3 Å². The molecule has 9 heteroatoms. The zero-order chi connectivity index (χ0) is 14.6. The third-order valence-electron chi connectivity index (χ3n) is 2.18. The van der Waals surface area contributed by atoms with Crippen molar-refractivity contribution in [2.45, 2.75) is 17.4 Å². The molecule has 0 radical (unpaired) electrons. The predicted molar refractivity (Wildman–Crippen MR) is 64.9 cm³/mol. The first kappa shape index (κ1) is 15.8. The van der Waals surface area contributed by atoms with Crippen molar-refractivity contribution in [3.8, 4) is 0 Å². The highest BCUT2D eigenvalue weighted by molar-refractivity contribution is 7.89. The highest BCUT2D eigenvalue weighted by atomic mass is 35.5. The van der Waals surface area contributed by atoms with Crippen molar-refractivity contribution in [3.63, 3.8) is 0 Å². The number of rotatable bonds is 6. The van der Waals surface area contributed by atoms with Crippen LogP contribution in [0.25, 0.3) is 0 Å². The van der Waals surface area contributed by atoms with Crippen LogP contribution in [0, 0.1) is 5.82 Å². The van der Waals surface area contributed by atoms with E-state index in [1.54, 1.807) is 0 Å². The van der Waals surface area contributed by atoms with Crippen molar-refractivity contribution in [1.82, 2.24) is 4.72 Å². The summed E-state index contributed by atoms with van der Waals surface area (Å²) < 4.78 is 38.5. The number of carboxylic acid groups (broad SMARTS) is 1. The number of hydrogen-bond donors (Lipinski definition) is 3. The van der Waals surface area contributed by atoms with Gasteiger partial charge in [0.05, 0.1) is 5.02 Å². The molecule has 0 aromatic heterocycles. The Morgan fingerprint density at radius 1 is 1.47 bits per heavy atom. The molecule has 1 aromatic rings. The molecule has 0 aliphatic rings. The average Bonchev–Trinajstić information content (AvgIpc) is 2.31.